The molecule has 0 aromatic carbocycles. The van der Waals surface area contributed by atoms with Crippen LogP contribution in [0.4, 0.5) is 4.79 Å². The SMILES string of the molecule is CC(C)(C)OC(=O)N1CC2CC=CC2C1C(=O)O. The maximum Gasteiger partial charge on any atom is 0.411 e. The van der Waals surface area contributed by atoms with Crippen LogP contribution in [-0.4, -0.2) is 40.3 Å². The highest BCUT2D eigenvalue weighted by atomic mass is 16.6. The molecule has 1 fully saturated rings. The number of allylic oxidation sites excluding steroid dienone is 1. The maximum absolute atomic E-state index is 12.0. The average Bonchev–Trinajstić information content (AvgIpc) is 2.70. The molecule has 2 rings (SSSR count). The van der Waals surface area contributed by atoms with Gasteiger partial charge in [-0.15, -0.1) is 0 Å². The minimum absolute atomic E-state index is 0.0741. The summed E-state index contributed by atoms with van der Waals surface area (Å²) < 4.78 is 5.27. The second-order valence-corrected chi connectivity index (χ2v) is 5.92. The highest BCUT2D eigenvalue weighted by Gasteiger charge is 2.48. The van der Waals surface area contributed by atoms with Crippen LogP contribution in [0.1, 0.15) is 27.2 Å². The van der Waals surface area contributed by atoms with E-state index in [9.17, 15) is 14.7 Å². The lowest BCUT2D eigenvalue weighted by Crippen LogP contribution is -2.45. The first-order chi connectivity index (χ1) is 8.29. The lowest BCUT2D eigenvalue weighted by molar-refractivity contribution is -0.142. The van der Waals surface area contributed by atoms with Gasteiger partial charge in [0.2, 0.25) is 0 Å². The van der Waals surface area contributed by atoms with Gasteiger partial charge < -0.3 is 9.84 Å². The van der Waals surface area contributed by atoms with Crippen LogP contribution < -0.4 is 0 Å². The molecule has 0 radical (unpaired) electrons. The van der Waals surface area contributed by atoms with Gasteiger partial charge in [-0.1, -0.05) is 12.2 Å². The summed E-state index contributed by atoms with van der Waals surface area (Å²) >= 11 is 0. The largest absolute Gasteiger partial charge is 0.480 e. The molecule has 1 saturated heterocycles. The number of hydrogen-bond acceptors (Lipinski definition) is 3. The topological polar surface area (TPSA) is 66.8 Å². The Hall–Kier alpha value is -1.52. The Labute approximate surface area is 106 Å². The molecular weight excluding hydrogens is 234 g/mol. The second kappa shape index (κ2) is 4.30. The van der Waals surface area contributed by atoms with Crippen molar-refractivity contribution in [1.29, 1.82) is 0 Å². The number of rotatable bonds is 1. The number of carbonyl (C=O) groups excluding carboxylic acids is 1. The molecule has 1 aliphatic carbocycles. The van der Waals surface area contributed by atoms with Crippen molar-refractivity contribution in [1.82, 2.24) is 4.90 Å². The Balaban J connectivity index is 2.15. The number of carboxylic acid groups (broad SMARTS) is 1. The van der Waals surface area contributed by atoms with Crippen LogP contribution in [0.15, 0.2) is 12.2 Å². The first-order valence-electron chi connectivity index (χ1n) is 6.18. The molecule has 5 heteroatoms. The van der Waals surface area contributed by atoms with E-state index in [-0.39, 0.29) is 11.8 Å². The van der Waals surface area contributed by atoms with E-state index in [0.717, 1.165) is 6.42 Å². The van der Waals surface area contributed by atoms with Crippen LogP contribution in [0.3, 0.4) is 0 Å². The van der Waals surface area contributed by atoms with Gasteiger partial charge in [-0.05, 0) is 33.1 Å². The predicted octanol–water partition coefficient (Wildman–Crippen LogP) is 1.88. The summed E-state index contributed by atoms with van der Waals surface area (Å²) in [5, 5.41) is 9.29. The van der Waals surface area contributed by atoms with Crippen molar-refractivity contribution < 1.29 is 19.4 Å². The highest BCUT2D eigenvalue weighted by molar-refractivity contribution is 5.82. The van der Waals surface area contributed by atoms with Crippen molar-refractivity contribution in [3.63, 3.8) is 0 Å². The van der Waals surface area contributed by atoms with Gasteiger partial charge in [0.15, 0.2) is 0 Å². The minimum atomic E-state index is -0.958. The second-order valence-electron chi connectivity index (χ2n) is 5.92. The van der Waals surface area contributed by atoms with Gasteiger partial charge in [-0.3, -0.25) is 4.90 Å². The third kappa shape index (κ3) is 2.35. The Morgan fingerprint density at radius 2 is 2.06 bits per heavy atom. The van der Waals surface area contributed by atoms with Crippen LogP contribution in [0.2, 0.25) is 0 Å². The predicted molar refractivity (Wildman–Crippen MR) is 65.1 cm³/mol. The third-order valence-corrected chi connectivity index (χ3v) is 3.35. The molecule has 18 heavy (non-hydrogen) atoms. The lowest BCUT2D eigenvalue weighted by atomic mass is 9.94. The zero-order valence-corrected chi connectivity index (χ0v) is 10.9. The normalized spacial score (nSPS) is 30.4. The molecule has 1 aliphatic heterocycles. The van der Waals surface area contributed by atoms with Crippen molar-refractivity contribution in [3.05, 3.63) is 12.2 Å². The first kappa shape index (κ1) is 12.9. The fourth-order valence-electron chi connectivity index (χ4n) is 2.66. The summed E-state index contributed by atoms with van der Waals surface area (Å²) in [7, 11) is 0. The van der Waals surface area contributed by atoms with Gasteiger partial charge in [0.25, 0.3) is 0 Å². The number of fused-ring (bicyclic) bond motifs is 1. The zero-order valence-electron chi connectivity index (χ0n) is 10.9. The number of likely N-dealkylation sites (tertiary alicyclic amines) is 1. The summed E-state index contributed by atoms with van der Waals surface area (Å²) in [5.74, 6) is -0.812. The molecule has 5 nitrogen and oxygen atoms in total. The number of ether oxygens (including phenoxy) is 1. The number of carbonyl (C=O) groups is 2. The fourth-order valence-corrected chi connectivity index (χ4v) is 2.66. The number of carboxylic acids is 1. The van der Waals surface area contributed by atoms with E-state index in [0.29, 0.717) is 6.54 Å². The Morgan fingerprint density at radius 3 is 2.61 bits per heavy atom. The number of aliphatic carboxylic acids is 1. The maximum atomic E-state index is 12.0. The van der Waals surface area contributed by atoms with E-state index in [1.807, 2.05) is 12.2 Å². The van der Waals surface area contributed by atoms with E-state index in [4.69, 9.17) is 4.74 Å². The minimum Gasteiger partial charge on any atom is -0.480 e. The number of hydrogen-bond donors (Lipinski definition) is 1. The van der Waals surface area contributed by atoms with E-state index in [1.54, 1.807) is 20.8 Å². The zero-order chi connectivity index (χ0) is 13.5. The molecule has 0 spiro atoms. The number of amides is 1. The van der Waals surface area contributed by atoms with Crippen molar-refractivity contribution >= 4 is 12.1 Å². The van der Waals surface area contributed by atoms with E-state index in [2.05, 4.69) is 0 Å². The third-order valence-electron chi connectivity index (χ3n) is 3.35. The van der Waals surface area contributed by atoms with Crippen LogP contribution in [0, 0.1) is 11.8 Å². The molecule has 0 saturated carbocycles. The van der Waals surface area contributed by atoms with Crippen molar-refractivity contribution in [2.75, 3.05) is 6.54 Å². The molecule has 0 aromatic rings. The van der Waals surface area contributed by atoms with Gasteiger partial charge in [0.05, 0.1) is 0 Å². The monoisotopic (exact) mass is 253 g/mol. The van der Waals surface area contributed by atoms with Gasteiger partial charge in [0, 0.05) is 12.5 Å². The van der Waals surface area contributed by atoms with Gasteiger partial charge in [-0.2, -0.15) is 0 Å². The molecule has 3 atom stereocenters. The summed E-state index contributed by atoms with van der Waals surface area (Å²) in [6, 6.07) is -0.788. The molecule has 0 aromatic heterocycles. The van der Waals surface area contributed by atoms with Gasteiger partial charge >= 0.3 is 12.1 Å². The molecule has 100 valence electrons. The van der Waals surface area contributed by atoms with Crippen molar-refractivity contribution in [3.8, 4) is 0 Å². The molecule has 1 N–H and O–H groups in total. The van der Waals surface area contributed by atoms with E-state index < -0.39 is 23.7 Å². The highest BCUT2D eigenvalue weighted by Crippen LogP contribution is 2.38. The summed E-state index contributed by atoms with van der Waals surface area (Å²) in [5.41, 5.74) is -0.603. The standard InChI is InChI=1S/C13H19NO4/c1-13(2,3)18-12(17)14-7-8-5-4-6-9(8)10(14)11(15)16/h4,6,8-10H,5,7H2,1-3H3,(H,15,16). The van der Waals surface area contributed by atoms with Crippen LogP contribution in [-0.2, 0) is 9.53 Å². The molecule has 0 bridgehead atoms. The summed E-state index contributed by atoms with van der Waals surface area (Å²) in [6.45, 7) is 5.79. The van der Waals surface area contributed by atoms with E-state index in [1.165, 1.54) is 4.90 Å². The Bertz CT molecular complexity index is 396. The van der Waals surface area contributed by atoms with Crippen LogP contribution >= 0.6 is 0 Å². The summed E-state index contributed by atoms with van der Waals surface area (Å²) in [6.07, 6.45) is 4.22. The van der Waals surface area contributed by atoms with Crippen molar-refractivity contribution in [2.45, 2.75) is 38.8 Å². The Kier molecular flexibility index (Phi) is 3.09. The smallest absolute Gasteiger partial charge is 0.411 e. The van der Waals surface area contributed by atoms with Crippen LogP contribution in [0.25, 0.3) is 0 Å². The lowest BCUT2D eigenvalue weighted by Gasteiger charge is -2.27. The molecule has 1 heterocycles. The molecular formula is C13H19NO4. The van der Waals surface area contributed by atoms with E-state index >= 15 is 0 Å². The summed E-state index contributed by atoms with van der Waals surface area (Å²) in [4.78, 5) is 24.7. The van der Waals surface area contributed by atoms with Gasteiger partial charge in [-0.25, -0.2) is 9.59 Å². The van der Waals surface area contributed by atoms with Crippen LogP contribution in [0.5, 0.6) is 0 Å². The average molecular weight is 253 g/mol. The van der Waals surface area contributed by atoms with Crippen molar-refractivity contribution in [2.24, 2.45) is 11.8 Å². The number of nitrogens with zero attached hydrogens (tertiary/aromatic N) is 1. The molecule has 2 aliphatic rings. The Morgan fingerprint density at radius 1 is 1.39 bits per heavy atom. The quantitative estimate of drug-likeness (QED) is 0.724. The first-order valence-corrected chi connectivity index (χ1v) is 6.18. The fraction of sp³-hybridized carbons (Fsp3) is 0.692. The van der Waals surface area contributed by atoms with Gasteiger partial charge in [0.1, 0.15) is 11.6 Å². The molecule has 1 amide bonds. The molecule has 3 unspecified atom stereocenters.